The molecule has 2 heterocycles. The molecule has 0 radical (unpaired) electrons. The second-order valence-electron chi connectivity index (χ2n) is 5.12. The molecular weight excluding hydrogens is 337 g/mol. The second-order valence-corrected chi connectivity index (χ2v) is 5.12. The van der Waals surface area contributed by atoms with Gasteiger partial charge in [0, 0.05) is 24.0 Å². The summed E-state index contributed by atoms with van der Waals surface area (Å²) in [5, 5.41) is 2.37. The Balaban J connectivity index is 1.84. The molecule has 0 saturated heterocycles. The minimum atomic E-state index is -4.48. The molecule has 0 aliphatic carbocycles. The number of H-pyrrole nitrogens is 1. The molecule has 5 nitrogen and oxygen atoms in total. The van der Waals surface area contributed by atoms with Crippen LogP contribution in [0.15, 0.2) is 64.1 Å². The summed E-state index contributed by atoms with van der Waals surface area (Å²) in [4.78, 5) is 26.3. The van der Waals surface area contributed by atoms with Crippen LogP contribution < -0.4 is 10.7 Å². The average Bonchev–Trinajstić information content (AvgIpc) is 3.06. The van der Waals surface area contributed by atoms with Crippen LogP contribution in [0.4, 0.5) is 18.9 Å². The molecule has 1 amide bonds. The number of benzene rings is 1. The van der Waals surface area contributed by atoms with Crippen molar-refractivity contribution < 1.29 is 22.4 Å². The number of carbonyl (C=O) groups excluding carboxylic acids is 1. The van der Waals surface area contributed by atoms with E-state index in [1.165, 1.54) is 42.7 Å². The van der Waals surface area contributed by atoms with Crippen LogP contribution in [-0.4, -0.2) is 10.9 Å². The van der Waals surface area contributed by atoms with E-state index in [1.807, 2.05) is 0 Å². The number of aromatic amines is 1. The van der Waals surface area contributed by atoms with Crippen LogP contribution in [0.5, 0.6) is 0 Å². The summed E-state index contributed by atoms with van der Waals surface area (Å²) >= 11 is 0. The van der Waals surface area contributed by atoms with Gasteiger partial charge in [0.1, 0.15) is 11.4 Å². The number of hydrogen-bond acceptors (Lipinski definition) is 3. The monoisotopic (exact) mass is 348 g/mol. The molecule has 2 aromatic heterocycles. The van der Waals surface area contributed by atoms with Gasteiger partial charge in [-0.05, 0) is 24.3 Å². The van der Waals surface area contributed by atoms with Crippen LogP contribution in [0, 0.1) is 0 Å². The minimum absolute atomic E-state index is 0.0320. The van der Waals surface area contributed by atoms with E-state index in [0.717, 1.165) is 12.1 Å². The van der Waals surface area contributed by atoms with Gasteiger partial charge in [-0.1, -0.05) is 12.1 Å². The Morgan fingerprint density at radius 1 is 1.12 bits per heavy atom. The first-order chi connectivity index (χ1) is 11.8. The Labute approximate surface area is 139 Å². The summed E-state index contributed by atoms with van der Waals surface area (Å²) in [6.45, 7) is 0. The van der Waals surface area contributed by atoms with Gasteiger partial charge in [-0.2, -0.15) is 13.2 Å². The largest absolute Gasteiger partial charge is 0.451 e. The van der Waals surface area contributed by atoms with Crippen LogP contribution in [0.3, 0.4) is 0 Å². The molecule has 1 aromatic carbocycles. The first-order valence-corrected chi connectivity index (χ1v) is 7.10. The molecule has 0 aliphatic rings. The molecule has 0 fully saturated rings. The van der Waals surface area contributed by atoms with Gasteiger partial charge < -0.3 is 14.7 Å². The van der Waals surface area contributed by atoms with Crippen molar-refractivity contribution in [3.05, 3.63) is 76.4 Å². The standard InChI is InChI=1S/C17H11F3N2O3/c18-17(19,20)11-3-1-2-10(8-11)14-4-5-15(25-14)16(24)22-12-9-21-7-6-13(12)23/h1-9H,(H,21,23)(H,22,24). The molecule has 25 heavy (non-hydrogen) atoms. The third kappa shape index (κ3) is 3.63. The van der Waals surface area contributed by atoms with Gasteiger partial charge in [0.25, 0.3) is 5.91 Å². The lowest BCUT2D eigenvalue weighted by Crippen LogP contribution is -2.17. The maximum absolute atomic E-state index is 12.8. The number of aromatic nitrogens is 1. The highest BCUT2D eigenvalue weighted by Gasteiger charge is 2.30. The lowest BCUT2D eigenvalue weighted by Gasteiger charge is -2.07. The predicted molar refractivity (Wildman–Crippen MR) is 84.2 cm³/mol. The summed E-state index contributed by atoms with van der Waals surface area (Å²) in [7, 11) is 0. The van der Waals surface area contributed by atoms with Crippen LogP contribution >= 0.6 is 0 Å². The van der Waals surface area contributed by atoms with E-state index in [1.54, 1.807) is 0 Å². The van der Waals surface area contributed by atoms with E-state index >= 15 is 0 Å². The number of alkyl halides is 3. The molecule has 0 spiro atoms. The van der Waals surface area contributed by atoms with E-state index in [4.69, 9.17) is 4.42 Å². The number of rotatable bonds is 3. The van der Waals surface area contributed by atoms with Gasteiger partial charge in [-0.3, -0.25) is 9.59 Å². The van der Waals surface area contributed by atoms with Crippen molar-refractivity contribution in [2.45, 2.75) is 6.18 Å². The number of pyridine rings is 1. The fraction of sp³-hybridized carbons (Fsp3) is 0.0588. The molecule has 0 atom stereocenters. The highest BCUT2D eigenvalue weighted by atomic mass is 19.4. The van der Waals surface area contributed by atoms with E-state index in [9.17, 15) is 22.8 Å². The maximum atomic E-state index is 12.8. The Morgan fingerprint density at radius 3 is 2.64 bits per heavy atom. The van der Waals surface area contributed by atoms with Crippen LogP contribution in [0.1, 0.15) is 16.1 Å². The molecule has 128 valence electrons. The molecule has 0 unspecified atom stereocenters. The SMILES string of the molecule is O=C(Nc1c[nH]ccc1=O)c1ccc(-c2cccc(C(F)(F)F)c2)o1. The molecule has 0 bridgehead atoms. The average molecular weight is 348 g/mol. The first kappa shape index (κ1) is 16.6. The molecular formula is C17H11F3N2O3. The molecule has 0 aliphatic heterocycles. The Morgan fingerprint density at radius 2 is 1.92 bits per heavy atom. The van der Waals surface area contributed by atoms with Crippen LogP contribution in [0.25, 0.3) is 11.3 Å². The lowest BCUT2D eigenvalue weighted by atomic mass is 10.1. The molecule has 2 N–H and O–H groups in total. The van der Waals surface area contributed by atoms with Crippen LogP contribution in [0.2, 0.25) is 0 Å². The summed E-state index contributed by atoms with van der Waals surface area (Å²) in [6, 6.07) is 8.53. The van der Waals surface area contributed by atoms with Gasteiger partial charge in [0.15, 0.2) is 5.76 Å². The quantitative estimate of drug-likeness (QED) is 0.754. The van der Waals surface area contributed by atoms with E-state index < -0.39 is 23.1 Å². The predicted octanol–water partition coefficient (Wildman–Crippen LogP) is 3.91. The second kappa shape index (κ2) is 6.31. The number of furan rings is 1. The van der Waals surface area contributed by atoms with Crippen molar-refractivity contribution >= 4 is 11.6 Å². The number of amides is 1. The van der Waals surface area contributed by atoms with Gasteiger partial charge in [0.2, 0.25) is 5.43 Å². The van der Waals surface area contributed by atoms with Gasteiger partial charge in [-0.25, -0.2) is 0 Å². The summed E-state index contributed by atoms with van der Waals surface area (Å²) < 4.78 is 43.6. The summed E-state index contributed by atoms with van der Waals surface area (Å²) in [5.74, 6) is -0.705. The van der Waals surface area contributed by atoms with Gasteiger partial charge >= 0.3 is 6.18 Å². The number of nitrogens with one attached hydrogen (secondary N) is 2. The molecule has 3 aromatic rings. The zero-order valence-corrected chi connectivity index (χ0v) is 12.6. The minimum Gasteiger partial charge on any atom is -0.451 e. The highest BCUT2D eigenvalue weighted by Crippen LogP contribution is 2.32. The molecule has 8 heteroatoms. The first-order valence-electron chi connectivity index (χ1n) is 7.10. The number of hydrogen-bond donors (Lipinski definition) is 2. The lowest BCUT2D eigenvalue weighted by molar-refractivity contribution is -0.137. The third-order valence-corrected chi connectivity index (χ3v) is 3.38. The fourth-order valence-electron chi connectivity index (χ4n) is 2.16. The van der Waals surface area contributed by atoms with E-state index in [2.05, 4.69) is 10.3 Å². The van der Waals surface area contributed by atoms with Gasteiger partial charge in [0.05, 0.1) is 5.56 Å². The smallest absolute Gasteiger partial charge is 0.416 e. The van der Waals surface area contributed by atoms with Crippen LogP contribution in [-0.2, 0) is 6.18 Å². The van der Waals surface area contributed by atoms with Crippen molar-refractivity contribution in [3.8, 4) is 11.3 Å². The van der Waals surface area contributed by atoms with Crippen molar-refractivity contribution in [3.63, 3.8) is 0 Å². The van der Waals surface area contributed by atoms with E-state index in [0.29, 0.717) is 0 Å². The zero-order valence-electron chi connectivity index (χ0n) is 12.6. The Hall–Kier alpha value is -3.29. The summed E-state index contributed by atoms with van der Waals surface area (Å²) in [6.07, 6.45) is -1.75. The van der Waals surface area contributed by atoms with Crippen molar-refractivity contribution in [1.29, 1.82) is 0 Å². The van der Waals surface area contributed by atoms with Gasteiger partial charge in [-0.15, -0.1) is 0 Å². The Kier molecular flexibility index (Phi) is 4.18. The van der Waals surface area contributed by atoms with Crippen molar-refractivity contribution in [1.82, 2.24) is 4.98 Å². The summed E-state index contributed by atoms with van der Waals surface area (Å²) in [5.41, 5.74) is -0.990. The maximum Gasteiger partial charge on any atom is 0.416 e. The van der Waals surface area contributed by atoms with Crippen molar-refractivity contribution in [2.75, 3.05) is 5.32 Å². The molecule has 0 saturated carbocycles. The number of anilines is 1. The topological polar surface area (TPSA) is 75.1 Å². The van der Waals surface area contributed by atoms with E-state index in [-0.39, 0.29) is 22.8 Å². The number of carbonyl (C=O) groups is 1. The third-order valence-electron chi connectivity index (χ3n) is 3.38. The highest BCUT2D eigenvalue weighted by molar-refractivity contribution is 6.02. The Bertz CT molecular complexity index is 973. The normalized spacial score (nSPS) is 11.3. The zero-order chi connectivity index (χ0) is 18.0. The van der Waals surface area contributed by atoms with Crippen molar-refractivity contribution in [2.24, 2.45) is 0 Å². The number of halogens is 3. The molecule has 3 rings (SSSR count). The fourth-order valence-corrected chi connectivity index (χ4v) is 2.16.